The van der Waals surface area contributed by atoms with Crippen molar-refractivity contribution in [1.82, 2.24) is 5.32 Å². The van der Waals surface area contributed by atoms with Gasteiger partial charge in [-0.05, 0) is 49.9 Å². The molecule has 1 saturated carbocycles. The van der Waals surface area contributed by atoms with Crippen LogP contribution >= 0.6 is 0 Å². The number of hydrogen-bond donors (Lipinski definition) is 1. The van der Waals surface area contributed by atoms with Crippen LogP contribution in [-0.4, -0.2) is 20.8 Å². The molecule has 0 saturated heterocycles. The fraction of sp³-hybridized carbons (Fsp3) is 0.647. The van der Waals surface area contributed by atoms with E-state index in [0.29, 0.717) is 0 Å². The zero-order valence-electron chi connectivity index (χ0n) is 13.1. The predicted octanol–water partition coefficient (Wildman–Crippen LogP) is 3.79. The summed E-state index contributed by atoms with van der Waals surface area (Å²) in [6.45, 7) is 5.65. The van der Waals surface area contributed by atoms with Crippen LogP contribution in [0.3, 0.4) is 0 Å². The van der Waals surface area contributed by atoms with Crippen molar-refractivity contribution in [2.24, 2.45) is 11.8 Å². The van der Waals surface area contributed by atoms with Gasteiger partial charge in [0.2, 0.25) is 0 Å². The van der Waals surface area contributed by atoms with Gasteiger partial charge in [0.05, 0.1) is 14.2 Å². The first-order valence-electron chi connectivity index (χ1n) is 7.61. The molecular weight excluding hydrogens is 250 g/mol. The van der Waals surface area contributed by atoms with Gasteiger partial charge in [-0.25, -0.2) is 0 Å². The second-order valence-corrected chi connectivity index (χ2v) is 5.91. The number of nitrogens with one attached hydrogen (secondary N) is 1. The van der Waals surface area contributed by atoms with Gasteiger partial charge >= 0.3 is 0 Å². The summed E-state index contributed by atoms with van der Waals surface area (Å²) in [5.41, 5.74) is 1.16. The van der Waals surface area contributed by atoms with Crippen LogP contribution in [0.5, 0.6) is 11.5 Å². The van der Waals surface area contributed by atoms with E-state index in [1.807, 2.05) is 12.1 Å². The fourth-order valence-electron chi connectivity index (χ4n) is 3.14. The summed E-state index contributed by atoms with van der Waals surface area (Å²) >= 11 is 0. The van der Waals surface area contributed by atoms with Crippen molar-refractivity contribution in [2.45, 2.75) is 39.2 Å². The maximum absolute atomic E-state index is 5.46. The number of ether oxygens (including phenoxy) is 2. The number of hydrogen-bond acceptors (Lipinski definition) is 3. The van der Waals surface area contributed by atoms with E-state index in [4.69, 9.17) is 9.47 Å². The lowest BCUT2D eigenvalue weighted by Crippen LogP contribution is -2.27. The van der Waals surface area contributed by atoms with Crippen molar-refractivity contribution in [3.8, 4) is 11.5 Å². The summed E-state index contributed by atoms with van der Waals surface area (Å²) in [5, 5.41) is 3.66. The summed E-state index contributed by atoms with van der Waals surface area (Å²) in [7, 11) is 3.42. The van der Waals surface area contributed by atoms with Crippen LogP contribution in [-0.2, 0) is 0 Å². The largest absolute Gasteiger partial charge is 0.497 e. The van der Waals surface area contributed by atoms with Gasteiger partial charge in [-0.15, -0.1) is 0 Å². The Labute approximate surface area is 122 Å². The van der Waals surface area contributed by atoms with E-state index in [1.54, 1.807) is 14.2 Å². The molecule has 1 aliphatic carbocycles. The molecule has 1 N–H and O–H groups in total. The smallest absolute Gasteiger partial charge is 0.123 e. The third-order valence-corrected chi connectivity index (χ3v) is 4.63. The van der Waals surface area contributed by atoms with Crippen LogP contribution in [0.4, 0.5) is 0 Å². The lowest BCUT2D eigenvalue weighted by Gasteiger charge is -2.22. The van der Waals surface area contributed by atoms with Crippen LogP contribution < -0.4 is 14.8 Å². The van der Waals surface area contributed by atoms with Crippen molar-refractivity contribution >= 4 is 0 Å². The Balaban J connectivity index is 2.02. The van der Waals surface area contributed by atoms with Gasteiger partial charge in [-0.3, -0.25) is 0 Å². The number of benzene rings is 1. The quantitative estimate of drug-likeness (QED) is 0.858. The summed E-state index contributed by atoms with van der Waals surface area (Å²) < 4.78 is 10.8. The molecule has 20 heavy (non-hydrogen) atoms. The highest BCUT2D eigenvalue weighted by molar-refractivity contribution is 5.42. The molecule has 112 valence electrons. The van der Waals surface area contributed by atoms with Gasteiger partial charge in [0.1, 0.15) is 11.5 Å². The van der Waals surface area contributed by atoms with Gasteiger partial charge in [-0.1, -0.05) is 19.8 Å². The molecule has 0 amide bonds. The lowest BCUT2D eigenvalue weighted by atomic mass is 9.97. The second kappa shape index (κ2) is 6.98. The van der Waals surface area contributed by atoms with E-state index in [-0.39, 0.29) is 6.04 Å². The third-order valence-electron chi connectivity index (χ3n) is 4.63. The average Bonchev–Trinajstić information content (AvgIpc) is 2.89. The first-order chi connectivity index (χ1) is 9.65. The molecule has 0 radical (unpaired) electrons. The van der Waals surface area contributed by atoms with Crippen molar-refractivity contribution in [3.05, 3.63) is 23.8 Å². The van der Waals surface area contributed by atoms with Gasteiger partial charge in [0.25, 0.3) is 0 Å². The Kier molecular flexibility index (Phi) is 5.30. The molecule has 1 aliphatic rings. The van der Waals surface area contributed by atoms with Crippen molar-refractivity contribution in [3.63, 3.8) is 0 Å². The molecule has 3 atom stereocenters. The Bertz CT molecular complexity index is 433. The molecule has 3 unspecified atom stereocenters. The summed E-state index contributed by atoms with van der Waals surface area (Å²) in [4.78, 5) is 0. The lowest BCUT2D eigenvalue weighted by molar-refractivity contribution is 0.363. The van der Waals surface area contributed by atoms with Crippen LogP contribution in [0.2, 0.25) is 0 Å². The highest BCUT2D eigenvalue weighted by Crippen LogP contribution is 2.32. The SMILES string of the molecule is COc1ccc(OC)c(C(C)NCC2CCCC2C)c1. The minimum atomic E-state index is 0.271. The summed E-state index contributed by atoms with van der Waals surface area (Å²) in [5.74, 6) is 3.46. The molecular formula is C17H27NO2. The second-order valence-electron chi connectivity index (χ2n) is 5.91. The highest BCUT2D eigenvalue weighted by atomic mass is 16.5. The first-order valence-corrected chi connectivity index (χ1v) is 7.61. The minimum Gasteiger partial charge on any atom is -0.497 e. The molecule has 1 aromatic carbocycles. The van der Waals surface area contributed by atoms with Crippen molar-refractivity contribution < 1.29 is 9.47 Å². The van der Waals surface area contributed by atoms with E-state index in [0.717, 1.165) is 35.4 Å². The van der Waals surface area contributed by atoms with Crippen molar-refractivity contribution in [1.29, 1.82) is 0 Å². The van der Waals surface area contributed by atoms with Gasteiger partial charge in [-0.2, -0.15) is 0 Å². The molecule has 0 aromatic heterocycles. The zero-order valence-corrected chi connectivity index (χ0v) is 13.1. The van der Waals surface area contributed by atoms with Crippen LogP contribution in [0, 0.1) is 11.8 Å². The Morgan fingerprint density at radius 2 is 2.05 bits per heavy atom. The van der Waals surface area contributed by atoms with Crippen LogP contribution in [0.25, 0.3) is 0 Å². The fourth-order valence-corrected chi connectivity index (χ4v) is 3.14. The molecule has 1 fully saturated rings. The monoisotopic (exact) mass is 277 g/mol. The molecule has 0 heterocycles. The van der Waals surface area contributed by atoms with Gasteiger partial charge < -0.3 is 14.8 Å². The Morgan fingerprint density at radius 1 is 1.25 bits per heavy atom. The highest BCUT2D eigenvalue weighted by Gasteiger charge is 2.24. The molecule has 0 aliphatic heterocycles. The molecule has 1 aromatic rings. The Hall–Kier alpha value is -1.22. The molecule has 0 spiro atoms. The normalized spacial score (nSPS) is 23.6. The Morgan fingerprint density at radius 3 is 2.65 bits per heavy atom. The van der Waals surface area contributed by atoms with Crippen LogP contribution in [0.15, 0.2) is 18.2 Å². The third kappa shape index (κ3) is 3.45. The maximum atomic E-state index is 5.46. The molecule has 3 heteroatoms. The molecule has 0 bridgehead atoms. The summed E-state index contributed by atoms with van der Waals surface area (Å²) in [6.07, 6.45) is 4.11. The van der Waals surface area contributed by atoms with E-state index in [1.165, 1.54) is 19.3 Å². The average molecular weight is 277 g/mol. The maximum Gasteiger partial charge on any atom is 0.123 e. The molecule has 2 rings (SSSR count). The zero-order chi connectivity index (χ0) is 14.5. The van der Waals surface area contributed by atoms with E-state index in [2.05, 4.69) is 25.2 Å². The topological polar surface area (TPSA) is 30.5 Å². The summed E-state index contributed by atoms with van der Waals surface area (Å²) in [6, 6.07) is 6.25. The minimum absolute atomic E-state index is 0.271. The number of rotatable bonds is 6. The number of methoxy groups -OCH3 is 2. The predicted molar refractivity (Wildman–Crippen MR) is 82.5 cm³/mol. The van der Waals surface area contributed by atoms with E-state index < -0.39 is 0 Å². The van der Waals surface area contributed by atoms with Gasteiger partial charge in [0.15, 0.2) is 0 Å². The van der Waals surface area contributed by atoms with E-state index in [9.17, 15) is 0 Å². The van der Waals surface area contributed by atoms with Crippen molar-refractivity contribution in [2.75, 3.05) is 20.8 Å². The van der Waals surface area contributed by atoms with Gasteiger partial charge in [0, 0.05) is 11.6 Å². The standard InChI is InChI=1S/C17H27NO2/c1-12-6-5-7-14(12)11-18-13(2)16-10-15(19-3)8-9-17(16)20-4/h8-10,12-14,18H,5-7,11H2,1-4H3. The first kappa shape index (κ1) is 15.2. The molecule has 3 nitrogen and oxygen atoms in total. The van der Waals surface area contributed by atoms with Crippen LogP contribution in [0.1, 0.15) is 44.7 Å². The van der Waals surface area contributed by atoms with E-state index >= 15 is 0 Å².